The van der Waals surface area contributed by atoms with Crippen molar-refractivity contribution in [3.05, 3.63) is 35.4 Å². The molecule has 19 heavy (non-hydrogen) atoms. The van der Waals surface area contributed by atoms with Crippen molar-refractivity contribution >= 4 is 0 Å². The van der Waals surface area contributed by atoms with E-state index >= 15 is 0 Å². The first kappa shape index (κ1) is 14.0. The van der Waals surface area contributed by atoms with Crippen LogP contribution < -0.4 is 5.32 Å². The monoisotopic (exact) mass is 262 g/mol. The summed E-state index contributed by atoms with van der Waals surface area (Å²) in [6.07, 6.45) is -0.529. The quantitative estimate of drug-likeness (QED) is 0.812. The number of ether oxygens (including phenoxy) is 2. The first-order valence-electron chi connectivity index (χ1n) is 6.38. The van der Waals surface area contributed by atoms with Gasteiger partial charge in [-0.25, -0.2) is 0 Å². The van der Waals surface area contributed by atoms with E-state index in [1.807, 2.05) is 0 Å². The Morgan fingerprint density at radius 1 is 1.37 bits per heavy atom. The molecule has 1 heterocycles. The predicted octanol–water partition coefficient (Wildman–Crippen LogP) is 0.597. The molecule has 0 bridgehead atoms. The van der Waals surface area contributed by atoms with Crippen molar-refractivity contribution in [3.63, 3.8) is 0 Å². The first-order valence-corrected chi connectivity index (χ1v) is 6.38. The third-order valence-corrected chi connectivity index (χ3v) is 3.02. The summed E-state index contributed by atoms with van der Waals surface area (Å²) >= 11 is 0. The van der Waals surface area contributed by atoms with Gasteiger partial charge in [-0.3, -0.25) is 0 Å². The van der Waals surface area contributed by atoms with E-state index in [0.29, 0.717) is 38.5 Å². The summed E-state index contributed by atoms with van der Waals surface area (Å²) < 4.78 is 10.8. The molecule has 0 aliphatic carbocycles. The normalized spacial score (nSPS) is 20.7. The van der Waals surface area contributed by atoms with Crippen LogP contribution >= 0.6 is 0 Å². The minimum Gasteiger partial charge on any atom is -0.387 e. The predicted molar refractivity (Wildman–Crippen MR) is 69.5 cm³/mol. The lowest BCUT2D eigenvalue weighted by atomic mass is 10.1. The topological polar surface area (TPSA) is 74.5 Å². The SMILES string of the molecule is N#Cc1ccc(C(O)CNCC2COCCO2)cc1. The van der Waals surface area contributed by atoms with Crippen LogP contribution in [0, 0.1) is 11.3 Å². The number of aliphatic hydroxyl groups excluding tert-OH is 1. The van der Waals surface area contributed by atoms with Crippen LogP contribution in [0.1, 0.15) is 17.2 Å². The molecule has 1 saturated heterocycles. The van der Waals surface area contributed by atoms with Crippen LogP contribution in [0.5, 0.6) is 0 Å². The smallest absolute Gasteiger partial charge is 0.0991 e. The summed E-state index contributed by atoms with van der Waals surface area (Å²) in [5.41, 5.74) is 1.39. The molecular weight excluding hydrogens is 244 g/mol. The van der Waals surface area contributed by atoms with Gasteiger partial charge in [0.15, 0.2) is 0 Å². The molecule has 0 saturated carbocycles. The van der Waals surface area contributed by atoms with Crippen LogP contribution in [0.25, 0.3) is 0 Å². The summed E-state index contributed by atoms with van der Waals surface area (Å²) in [7, 11) is 0. The van der Waals surface area contributed by atoms with Gasteiger partial charge in [-0.05, 0) is 17.7 Å². The lowest BCUT2D eigenvalue weighted by molar-refractivity contribution is -0.0868. The van der Waals surface area contributed by atoms with Gasteiger partial charge in [0.25, 0.3) is 0 Å². The molecule has 0 aromatic heterocycles. The molecule has 2 rings (SSSR count). The minimum atomic E-state index is -0.586. The van der Waals surface area contributed by atoms with Crippen molar-refractivity contribution in [2.24, 2.45) is 0 Å². The summed E-state index contributed by atoms with van der Waals surface area (Å²) in [5.74, 6) is 0. The highest BCUT2D eigenvalue weighted by atomic mass is 16.6. The molecule has 102 valence electrons. The lowest BCUT2D eigenvalue weighted by Crippen LogP contribution is -2.38. The number of nitrogens with zero attached hydrogens (tertiary/aromatic N) is 1. The first-order chi connectivity index (χ1) is 9.29. The van der Waals surface area contributed by atoms with Crippen molar-refractivity contribution in [1.29, 1.82) is 5.26 Å². The molecule has 0 spiro atoms. The Labute approximate surface area is 112 Å². The number of hydrogen-bond donors (Lipinski definition) is 2. The zero-order valence-electron chi connectivity index (χ0n) is 10.7. The molecule has 2 atom stereocenters. The van der Waals surface area contributed by atoms with Crippen molar-refractivity contribution in [3.8, 4) is 6.07 Å². The van der Waals surface area contributed by atoms with Crippen molar-refractivity contribution in [1.82, 2.24) is 5.32 Å². The maximum absolute atomic E-state index is 10.00. The number of benzene rings is 1. The van der Waals surface area contributed by atoms with E-state index in [0.717, 1.165) is 5.56 Å². The van der Waals surface area contributed by atoms with E-state index in [1.54, 1.807) is 24.3 Å². The molecule has 1 aliphatic heterocycles. The average molecular weight is 262 g/mol. The summed E-state index contributed by atoms with van der Waals surface area (Å²) in [6, 6.07) is 9.00. The van der Waals surface area contributed by atoms with Gasteiger partial charge in [0.05, 0.1) is 43.7 Å². The molecule has 2 unspecified atom stereocenters. The van der Waals surface area contributed by atoms with E-state index in [9.17, 15) is 5.11 Å². The molecular formula is C14H18N2O3. The standard InChI is InChI=1S/C14H18N2O3/c15-7-11-1-3-12(4-2-11)14(17)9-16-8-13-10-18-5-6-19-13/h1-4,13-14,16-17H,5-6,8-10H2. The Morgan fingerprint density at radius 2 is 2.16 bits per heavy atom. The molecule has 1 aliphatic rings. The van der Waals surface area contributed by atoms with E-state index in [1.165, 1.54) is 0 Å². The molecule has 5 heteroatoms. The largest absolute Gasteiger partial charge is 0.387 e. The van der Waals surface area contributed by atoms with Gasteiger partial charge < -0.3 is 19.9 Å². The number of hydrogen-bond acceptors (Lipinski definition) is 5. The van der Waals surface area contributed by atoms with E-state index in [4.69, 9.17) is 14.7 Å². The highest BCUT2D eigenvalue weighted by Gasteiger charge is 2.14. The zero-order chi connectivity index (χ0) is 13.5. The Morgan fingerprint density at radius 3 is 2.79 bits per heavy atom. The second-order valence-corrected chi connectivity index (χ2v) is 4.48. The Balaban J connectivity index is 1.73. The Bertz CT molecular complexity index is 421. The Hall–Kier alpha value is -1.45. The molecule has 1 aromatic carbocycles. The van der Waals surface area contributed by atoms with Crippen LogP contribution in [0.3, 0.4) is 0 Å². The van der Waals surface area contributed by atoms with Gasteiger partial charge in [-0.1, -0.05) is 12.1 Å². The molecule has 0 amide bonds. The summed E-state index contributed by atoms with van der Waals surface area (Å²) in [6.45, 7) is 2.99. The van der Waals surface area contributed by atoms with Crippen LogP contribution in [-0.2, 0) is 9.47 Å². The van der Waals surface area contributed by atoms with Crippen molar-refractivity contribution in [2.75, 3.05) is 32.9 Å². The average Bonchev–Trinajstić information content (AvgIpc) is 2.48. The van der Waals surface area contributed by atoms with Crippen LogP contribution in [-0.4, -0.2) is 44.1 Å². The van der Waals surface area contributed by atoms with Gasteiger partial charge in [0.1, 0.15) is 0 Å². The molecule has 5 nitrogen and oxygen atoms in total. The van der Waals surface area contributed by atoms with Gasteiger partial charge >= 0.3 is 0 Å². The van der Waals surface area contributed by atoms with Crippen molar-refractivity contribution in [2.45, 2.75) is 12.2 Å². The van der Waals surface area contributed by atoms with E-state index in [-0.39, 0.29) is 6.10 Å². The van der Waals surface area contributed by atoms with Gasteiger partial charge in [0.2, 0.25) is 0 Å². The number of aliphatic hydroxyl groups is 1. The number of nitrogens with one attached hydrogen (secondary N) is 1. The summed E-state index contributed by atoms with van der Waals surface area (Å²) in [5, 5.41) is 21.9. The second kappa shape index (κ2) is 7.22. The number of nitriles is 1. The molecule has 1 fully saturated rings. The van der Waals surface area contributed by atoms with E-state index in [2.05, 4.69) is 11.4 Å². The lowest BCUT2D eigenvalue weighted by Gasteiger charge is -2.23. The maximum Gasteiger partial charge on any atom is 0.0991 e. The number of rotatable bonds is 5. The van der Waals surface area contributed by atoms with Gasteiger partial charge in [-0.2, -0.15) is 5.26 Å². The van der Waals surface area contributed by atoms with Crippen LogP contribution in [0.2, 0.25) is 0 Å². The fourth-order valence-electron chi connectivity index (χ4n) is 1.93. The minimum absolute atomic E-state index is 0.0573. The molecule has 0 radical (unpaired) electrons. The summed E-state index contributed by atoms with van der Waals surface area (Å²) in [4.78, 5) is 0. The third-order valence-electron chi connectivity index (χ3n) is 3.02. The molecule has 1 aromatic rings. The Kier molecular flexibility index (Phi) is 5.31. The van der Waals surface area contributed by atoms with Gasteiger partial charge in [0, 0.05) is 13.1 Å². The maximum atomic E-state index is 10.00. The van der Waals surface area contributed by atoms with Gasteiger partial charge in [-0.15, -0.1) is 0 Å². The van der Waals surface area contributed by atoms with Crippen LogP contribution in [0.15, 0.2) is 24.3 Å². The van der Waals surface area contributed by atoms with E-state index < -0.39 is 6.10 Å². The zero-order valence-corrected chi connectivity index (χ0v) is 10.7. The fourth-order valence-corrected chi connectivity index (χ4v) is 1.93. The highest BCUT2D eigenvalue weighted by molar-refractivity contribution is 5.32. The second-order valence-electron chi connectivity index (χ2n) is 4.48. The molecule has 2 N–H and O–H groups in total. The third kappa shape index (κ3) is 4.30. The highest BCUT2D eigenvalue weighted by Crippen LogP contribution is 2.12. The van der Waals surface area contributed by atoms with Crippen molar-refractivity contribution < 1.29 is 14.6 Å². The van der Waals surface area contributed by atoms with Crippen LogP contribution in [0.4, 0.5) is 0 Å². The fraction of sp³-hybridized carbons (Fsp3) is 0.500.